The van der Waals surface area contributed by atoms with Gasteiger partial charge in [-0.15, -0.1) is 0 Å². The van der Waals surface area contributed by atoms with Crippen LogP contribution in [0.5, 0.6) is 0 Å². The predicted octanol–water partition coefficient (Wildman–Crippen LogP) is 3.54. The summed E-state index contributed by atoms with van der Waals surface area (Å²) < 4.78 is 1.75. The number of benzene rings is 2. The third kappa shape index (κ3) is 3.43. The number of nitrogens with zero attached hydrogens (tertiary/aromatic N) is 3. The van der Waals surface area contributed by atoms with Gasteiger partial charge in [-0.2, -0.15) is 10.4 Å². The predicted molar refractivity (Wildman–Crippen MR) is 95.3 cm³/mol. The molecule has 0 aliphatic carbocycles. The Bertz CT molecular complexity index is 921. The molecule has 5 nitrogen and oxygen atoms in total. The minimum absolute atomic E-state index is 0.167. The highest BCUT2D eigenvalue weighted by Gasteiger charge is 2.17. The number of carbonyl (C=O) groups is 1. The van der Waals surface area contributed by atoms with E-state index in [-0.39, 0.29) is 11.9 Å². The number of nitrogens with one attached hydrogen (secondary N) is 1. The molecule has 0 saturated carbocycles. The molecular weight excluding hydrogens is 312 g/mol. The van der Waals surface area contributed by atoms with Gasteiger partial charge in [-0.25, -0.2) is 4.68 Å². The van der Waals surface area contributed by atoms with Gasteiger partial charge in [0.1, 0.15) is 0 Å². The van der Waals surface area contributed by atoms with Crippen molar-refractivity contribution in [3.63, 3.8) is 0 Å². The summed E-state index contributed by atoms with van der Waals surface area (Å²) in [5.41, 5.74) is 3.79. The van der Waals surface area contributed by atoms with Crippen LogP contribution in [0.1, 0.15) is 40.1 Å². The Hall–Kier alpha value is -3.39. The van der Waals surface area contributed by atoms with Crippen molar-refractivity contribution in [2.24, 2.45) is 0 Å². The van der Waals surface area contributed by atoms with Crippen molar-refractivity contribution in [1.82, 2.24) is 15.1 Å². The van der Waals surface area contributed by atoms with Crippen LogP contribution in [-0.4, -0.2) is 15.7 Å². The Morgan fingerprint density at radius 1 is 1.16 bits per heavy atom. The van der Waals surface area contributed by atoms with Crippen molar-refractivity contribution in [1.29, 1.82) is 5.26 Å². The van der Waals surface area contributed by atoms with E-state index in [0.717, 1.165) is 16.9 Å². The second-order valence-corrected chi connectivity index (χ2v) is 5.82. The number of carbonyl (C=O) groups excluding carboxylic acids is 1. The van der Waals surface area contributed by atoms with E-state index in [1.807, 2.05) is 56.3 Å². The van der Waals surface area contributed by atoms with Gasteiger partial charge in [0.25, 0.3) is 5.91 Å². The van der Waals surface area contributed by atoms with E-state index in [0.29, 0.717) is 11.1 Å². The van der Waals surface area contributed by atoms with Crippen LogP contribution in [0.4, 0.5) is 0 Å². The monoisotopic (exact) mass is 330 g/mol. The first-order valence-corrected chi connectivity index (χ1v) is 8.01. The van der Waals surface area contributed by atoms with Gasteiger partial charge >= 0.3 is 0 Å². The average Bonchev–Trinajstić information content (AvgIpc) is 3.04. The van der Waals surface area contributed by atoms with Gasteiger partial charge in [-0.1, -0.05) is 30.3 Å². The summed E-state index contributed by atoms with van der Waals surface area (Å²) >= 11 is 0. The van der Waals surface area contributed by atoms with Crippen molar-refractivity contribution in [2.45, 2.75) is 19.9 Å². The number of hydrogen-bond acceptors (Lipinski definition) is 3. The van der Waals surface area contributed by atoms with Crippen LogP contribution in [0.3, 0.4) is 0 Å². The number of hydrogen-bond donors (Lipinski definition) is 1. The molecule has 0 fully saturated rings. The summed E-state index contributed by atoms with van der Waals surface area (Å²) in [5.74, 6) is -0.170. The summed E-state index contributed by atoms with van der Waals surface area (Å²) in [7, 11) is 0. The SMILES string of the molecule is Cc1c(C(=O)NC(C)c2ccc(C#N)cc2)cnn1-c1ccccc1. The fraction of sp³-hybridized carbons (Fsp3) is 0.150. The van der Waals surface area contributed by atoms with E-state index in [2.05, 4.69) is 16.5 Å². The third-order valence-corrected chi connectivity index (χ3v) is 4.14. The maximum absolute atomic E-state index is 12.6. The molecule has 0 saturated heterocycles. The molecule has 1 N–H and O–H groups in total. The molecule has 1 atom stereocenters. The fourth-order valence-corrected chi connectivity index (χ4v) is 2.67. The van der Waals surface area contributed by atoms with Crippen molar-refractivity contribution in [2.75, 3.05) is 0 Å². The Labute approximate surface area is 146 Å². The Morgan fingerprint density at radius 2 is 1.84 bits per heavy atom. The molecule has 0 spiro atoms. The van der Waals surface area contributed by atoms with E-state index >= 15 is 0 Å². The first-order valence-electron chi connectivity index (χ1n) is 8.01. The number of para-hydroxylation sites is 1. The molecule has 1 heterocycles. The van der Waals surface area contributed by atoms with E-state index in [1.165, 1.54) is 0 Å². The highest BCUT2D eigenvalue weighted by Crippen LogP contribution is 2.17. The molecule has 1 aromatic heterocycles. The maximum atomic E-state index is 12.6. The molecule has 0 radical (unpaired) electrons. The van der Waals surface area contributed by atoms with E-state index in [4.69, 9.17) is 5.26 Å². The van der Waals surface area contributed by atoms with Gasteiger partial charge in [-0.05, 0) is 43.7 Å². The fourth-order valence-electron chi connectivity index (χ4n) is 2.67. The lowest BCUT2D eigenvalue weighted by Gasteiger charge is -2.14. The first kappa shape index (κ1) is 16.5. The number of rotatable bonds is 4. The van der Waals surface area contributed by atoms with Crippen LogP contribution in [0, 0.1) is 18.3 Å². The zero-order valence-corrected chi connectivity index (χ0v) is 14.1. The average molecular weight is 330 g/mol. The van der Waals surface area contributed by atoms with Crippen molar-refractivity contribution in [3.8, 4) is 11.8 Å². The molecular formula is C20H18N4O. The molecule has 2 aromatic carbocycles. The van der Waals surface area contributed by atoms with E-state index in [9.17, 15) is 4.79 Å². The van der Waals surface area contributed by atoms with Crippen molar-refractivity contribution in [3.05, 3.63) is 83.2 Å². The Morgan fingerprint density at radius 3 is 2.48 bits per heavy atom. The number of nitriles is 1. The summed E-state index contributed by atoms with van der Waals surface area (Å²) in [6, 6.07) is 18.8. The van der Waals surface area contributed by atoms with Crippen LogP contribution in [-0.2, 0) is 0 Å². The summed E-state index contributed by atoms with van der Waals surface area (Å²) in [4.78, 5) is 12.6. The molecule has 3 aromatic rings. The molecule has 25 heavy (non-hydrogen) atoms. The molecule has 124 valence electrons. The van der Waals surface area contributed by atoms with Gasteiger partial charge in [0.05, 0.1) is 40.8 Å². The normalized spacial score (nSPS) is 11.6. The zero-order valence-electron chi connectivity index (χ0n) is 14.1. The summed E-state index contributed by atoms with van der Waals surface area (Å²) in [5, 5.41) is 16.2. The highest BCUT2D eigenvalue weighted by atomic mass is 16.1. The molecule has 0 aliphatic rings. The lowest BCUT2D eigenvalue weighted by atomic mass is 10.1. The maximum Gasteiger partial charge on any atom is 0.255 e. The van der Waals surface area contributed by atoms with Gasteiger partial charge in [0, 0.05) is 0 Å². The molecule has 3 rings (SSSR count). The van der Waals surface area contributed by atoms with Crippen LogP contribution in [0.2, 0.25) is 0 Å². The van der Waals surface area contributed by atoms with Crippen LogP contribution in [0.15, 0.2) is 60.8 Å². The van der Waals surface area contributed by atoms with E-state index < -0.39 is 0 Å². The summed E-state index contributed by atoms with van der Waals surface area (Å²) in [6.07, 6.45) is 1.59. The molecule has 0 bridgehead atoms. The molecule has 1 amide bonds. The molecule has 5 heteroatoms. The van der Waals surface area contributed by atoms with Gasteiger partial charge in [-0.3, -0.25) is 4.79 Å². The lowest BCUT2D eigenvalue weighted by molar-refractivity contribution is 0.0939. The Kier molecular flexibility index (Phi) is 4.62. The zero-order chi connectivity index (χ0) is 17.8. The standard InChI is InChI=1S/C20H18N4O/c1-14(17-10-8-16(12-21)9-11-17)23-20(25)19-13-22-24(15(19)2)18-6-4-3-5-7-18/h3-11,13-14H,1-2H3,(H,23,25). The molecule has 0 aliphatic heterocycles. The van der Waals surface area contributed by atoms with Crippen LogP contribution in [0.25, 0.3) is 5.69 Å². The number of amides is 1. The van der Waals surface area contributed by atoms with Crippen molar-refractivity contribution < 1.29 is 4.79 Å². The lowest BCUT2D eigenvalue weighted by Crippen LogP contribution is -2.27. The van der Waals surface area contributed by atoms with Crippen LogP contribution >= 0.6 is 0 Å². The highest BCUT2D eigenvalue weighted by molar-refractivity contribution is 5.95. The first-order chi connectivity index (χ1) is 12.1. The quantitative estimate of drug-likeness (QED) is 0.795. The largest absolute Gasteiger partial charge is 0.345 e. The second kappa shape index (κ2) is 7.02. The van der Waals surface area contributed by atoms with Crippen molar-refractivity contribution >= 4 is 5.91 Å². The Balaban J connectivity index is 1.77. The van der Waals surface area contributed by atoms with Crippen LogP contribution < -0.4 is 5.32 Å². The molecule has 1 unspecified atom stereocenters. The summed E-state index contributed by atoms with van der Waals surface area (Å²) in [6.45, 7) is 3.79. The van der Waals surface area contributed by atoms with Gasteiger partial charge < -0.3 is 5.32 Å². The minimum atomic E-state index is -0.170. The van der Waals surface area contributed by atoms with Gasteiger partial charge in [0.2, 0.25) is 0 Å². The van der Waals surface area contributed by atoms with Gasteiger partial charge in [0.15, 0.2) is 0 Å². The topological polar surface area (TPSA) is 70.7 Å². The minimum Gasteiger partial charge on any atom is -0.345 e. The van der Waals surface area contributed by atoms with E-state index in [1.54, 1.807) is 23.0 Å². The second-order valence-electron chi connectivity index (χ2n) is 5.82. The third-order valence-electron chi connectivity index (χ3n) is 4.14. The smallest absolute Gasteiger partial charge is 0.255 e. The number of aromatic nitrogens is 2.